The molecular weight excluding hydrogens is 1490 g/mol. The summed E-state index contributed by atoms with van der Waals surface area (Å²) in [6.45, 7) is 11.8. The van der Waals surface area contributed by atoms with E-state index in [1.807, 2.05) is 217 Å². The number of anilines is 14. The van der Waals surface area contributed by atoms with Crippen molar-refractivity contribution >= 4 is 138 Å². The fraction of sp³-hybridized carbons (Fsp3) is 0.195. The van der Waals surface area contributed by atoms with E-state index in [4.69, 9.17) is 16.6 Å². The maximum atomic E-state index is 14.6. The number of aromatic nitrogens is 6. The molecule has 22 nitrogen and oxygen atoms in total. The van der Waals surface area contributed by atoms with Crippen molar-refractivity contribution in [2.24, 2.45) is 0 Å². The zero-order chi connectivity index (χ0) is 80.0. The van der Waals surface area contributed by atoms with Crippen LogP contribution in [0.25, 0.3) is 0 Å². The van der Waals surface area contributed by atoms with Crippen LogP contribution in [0.1, 0.15) is 92.3 Å². The molecule has 9 aromatic carbocycles. The number of carbonyl (C=O) groups excluding carboxylic acids is 4. The number of carbonyl (C=O) groups is 4. The van der Waals surface area contributed by atoms with E-state index in [0.717, 1.165) is 79.1 Å². The third-order valence-electron chi connectivity index (χ3n) is 17.8. The fourth-order valence-electron chi connectivity index (χ4n) is 11.8. The molecule has 3 aromatic heterocycles. The first-order valence-corrected chi connectivity index (χ1v) is 38.2. The van der Waals surface area contributed by atoms with Crippen molar-refractivity contribution in [2.45, 2.75) is 93.9 Å². The smallest absolute Gasteiger partial charge is 0.229 e. The Labute approximate surface area is 668 Å². The van der Waals surface area contributed by atoms with E-state index in [0.29, 0.717) is 102 Å². The predicted octanol–water partition coefficient (Wildman–Crippen LogP) is 18.0. The second kappa shape index (κ2) is 40.6. The first kappa shape index (κ1) is 84.8. The highest BCUT2D eigenvalue weighted by Gasteiger charge is 2.19. The number of aryl methyl sites for hydroxylation is 5. The molecule has 0 saturated heterocycles. The molecule has 0 amide bonds. The maximum Gasteiger partial charge on any atom is 0.229 e. The molecule has 26 heteroatoms. The first-order valence-electron chi connectivity index (χ1n) is 35.7. The molecule has 0 radical (unpaired) electrons. The van der Waals surface area contributed by atoms with Crippen LogP contribution in [-0.4, -0.2) is 91.7 Å². The molecule has 0 fully saturated rings. The van der Waals surface area contributed by atoms with Gasteiger partial charge in [0.15, 0.2) is 23.2 Å². The van der Waals surface area contributed by atoms with Crippen LogP contribution in [0.4, 0.5) is 85.2 Å². The van der Waals surface area contributed by atoms with Crippen molar-refractivity contribution in [1.29, 1.82) is 0 Å². The van der Waals surface area contributed by atoms with Gasteiger partial charge in [-0.1, -0.05) is 170 Å². The summed E-state index contributed by atoms with van der Waals surface area (Å²) in [6.07, 6.45) is 7.08. The summed E-state index contributed by atoms with van der Waals surface area (Å²) in [7, 11) is 5.48. The van der Waals surface area contributed by atoms with Crippen molar-refractivity contribution < 1.29 is 41.1 Å². The van der Waals surface area contributed by atoms with E-state index in [1.54, 1.807) is 78.8 Å². The lowest BCUT2D eigenvalue weighted by atomic mass is 10.0. The third-order valence-corrected chi connectivity index (χ3v) is 18.9. The Morgan fingerprint density at radius 2 is 0.726 bits per heavy atom. The minimum Gasteiger partial charge on any atom is -0.755 e. The second-order valence-corrected chi connectivity index (χ2v) is 28.5. The minimum absolute atomic E-state index is 0. The van der Waals surface area contributed by atoms with Gasteiger partial charge >= 0.3 is 0 Å². The van der Waals surface area contributed by atoms with Crippen LogP contribution in [0.5, 0.6) is 0 Å². The van der Waals surface area contributed by atoms with Gasteiger partial charge in [0.1, 0.15) is 28.2 Å². The molecule has 5 N–H and O–H groups in total. The summed E-state index contributed by atoms with van der Waals surface area (Å²) in [4.78, 5) is 81.5. The highest BCUT2D eigenvalue weighted by Crippen LogP contribution is 2.33. The molecule has 12 aromatic rings. The van der Waals surface area contributed by atoms with Gasteiger partial charge in [0.2, 0.25) is 17.8 Å². The van der Waals surface area contributed by atoms with Crippen molar-refractivity contribution in [3.05, 3.63) is 309 Å². The van der Waals surface area contributed by atoms with Crippen LogP contribution in [0.2, 0.25) is 5.02 Å². The van der Waals surface area contributed by atoms with Crippen LogP contribution < -0.4 is 40.1 Å². The predicted molar refractivity (Wildman–Crippen MR) is 450 cm³/mol. The van der Waals surface area contributed by atoms with Crippen molar-refractivity contribution in [2.75, 3.05) is 61.2 Å². The number of hydrogen-bond acceptors (Lipinski definition) is 20. The van der Waals surface area contributed by atoms with E-state index in [2.05, 4.69) is 50.3 Å². The Morgan fingerprint density at radius 1 is 0.407 bits per heavy atom. The van der Waals surface area contributed by atoms with Gasteiger partial charge in [0.25, 0.3) is 0 Å². The van der Waals surface area contributed by atoms with Crippen molar-refractivity contribution in [3.63, 3.8) is 0 Å². The molecule has 3 heterocycles. The normalized spacial score (nSPS) is 11.2. The first-order chi connectivity index (χ1) is 53.8. The zero-order valence-corrected chi connectivity index (χ0v) is 65.6. The van der Waals surface area contributed by atoms with Crippen LogP contribution in [-0.2, 0) is 75.4 Å². The van der Waals surface area contributed by atoms with Crippen LogP contribution in [0.3, 0.4) is 0 Å². The number of nitrogens with one attached hydrogen (secondary N) is 5. The Bertz CT molecular complexity index is 5110. The molecule has 0 aliphatic heterocycles. The number of Topliss-reactive ketones (excluding diaryl/α,β-unsaturated/α-hetero) is 4. The quantitative estimate of drug-likeness (QED) is 0.0206. The van der Waals surface area contributed by atoms with Gasteiger partial charge < -0.3 is 49.2 Å². The molecule has 113 heavy (non-hydrogen) atoms. The number of ketones is 4. The summed E-state index contributed by atoms with van der Waals surface area (Å²) in [5, 5.41) is 9.61. The van der Waals surface area contributed by atoms with Crippen LogP contribution in [0.15, 0.2) is 231 Å². The molecule has 0 bridgehead atoms. The monoisotopic (exact) mass is 1570 g/mol. The Hall–Kier alpha value is -12.3. The van der Waals surface area contributed by atoms with Gasteiger partial charge in [-0.25, -0.2) is 19.3 Å². The molecule has 0 spiro atoms. The topological polar surface area (TPSA) is 296 Å². The summed E-state index contributed by atoms with van der Waals surface area (Å²) in [5.41, 5.74) is 17.1. The van der Waals surface area contributed by atoms with E-state index in [9.17, 15) is 41.1 Å². The van der Waals surface area contributed by atoms with E-state index in [-0.39, 0.29) is 42.3 Å². The van der Waals surface area contributed by atoms with Gasteiger partial charge in [-0.3, -0.25) is 27.6 Å². The SMILES string of the molecule is C.CCC(=O)c1cc(Nc2ncc(C)c(N(C)c3ccc(CC(=O)Cc4ccc(C)cc4)cc3)n2)ccc1C.Cc1ccc(CC(=O)Cc2ccc(N(C)c3nc(Nc4cccc(NS(=O)[O-])c4)ncc3Cl)cc2)cc1.Cc1ccc(CC(=O)Cc2ccc(N(C)c3nc(Nc4cccc(NS(=O)[O-])c4)ncc3F)cc2)cc1. The lowest BCUT2D eigenvalue weighted by molar-refractivity contribution is -0.118. The Balaban J connectivity index is 0.000000194. The number of benzene rings is 9. The summed E-state index contributed by atoms with van der Waals surface area (Å²) >= 11 is 1.52. The molecule has 2 unspecified atom stereocenters. The summed E-state index contributed by atoms with van der Waals surface area (Å²) in [6, 6.07) is 65.9. The lowest BCUT2D eigenvalue weighted by Gasteiger charge is -2.21. The molecule has 0 aliphatic rings. The average Bonchev–Trinajstić information content (AvgIpc) is 0.839. The van der Waals surface area contributed by atoms with Crippen LogP contribution >= 0.6 is 11.6 Å². The van der Waals surface area contributed by atoms with E-state index >= 15 is 0 Å². The molecular formula is C87H88ClFN14O8S2-2. The number of nitrogens with zero attached hydrogens (tertiary/aromatic N) is 9. The molecule has 2 atom stereocenters. The Kier molecular flexibility index (Phi) is 30.5. The number of hydrogen-bond donors (Lipinski definition) is 5. The molecule has 12 rings (SSSR count). The lowest BCUT2D eigenvalue weighted by Crippen LogP contribution is -2.15. The van der Waals surface area contributed by atoms with Gasteiger partial charge in [-0.2, -0.15) is 15.0 Å². The average molecular weight is 1580 g/mol. The minimum atomic E-state index is -2.46. The fourth-order valence-corrected chi connectivity index (χ4v) is 12.6. The van der Waals surface area contributed by atoms with E-state index < -0.39 is 28.4 Å². The number of halogens is 2. The third kappa shape index (κ3) is 25.4. The highest BCUT2D eigenvalue weighted by atomic mass is 35.5. The van der Waals surface area contributed by atoms with Crippen LogP contribution in [0, 0.1) is 40.4 Å². The van der Waals surface area contributed by atoms with Gasteiger partial charge in [0, 0.05) is 151 Å². The van der Waals surface area contributed by atoms with Gasteiger partial charge in [0.05, 0.1) is 12.4 Å². The molecule has 0 aliphatic carbocycles. The Morgan fingerprint density at radius 3 is 1.11 bits per heavy atom. The highest BCUT2D eigenvalue weighted by molar-refractivity contribution is 7.80. The second-order valence-electron chi connectivity index (χ2n) is 26.8. The summed E-state index contributed by atoms with van der Waals surface area (Å²) in [5.74, 6) is 2.15. The number of rotatable bonds is 30. The maximum absolute atomic E-state index is 14.6. The van der Waals surface area contributed by atoms with Crippen molar-refractivity contribution in [3.8, 4) is 0 Å². The molecule has 0 saturated carbocycles. The van der Waals surface area contributed by atoms with Crippen molar-refractivity contribution in [1.82, 2.24) is 29.9 Å². The largest absolute Gasteiger partial charge is 0.755 e. The zero-order valence-electron chi connectivity index (χ0n) is 63.3. The van der Waals surface area contributed by atoms with Gasteiger partial charge in [-0.15, -0.1) is 0 Å². The summed E-state index contributed by atoms with van der Waals surface area (Å²) < 4.78 is 62.7. The van der Waals surface area contributed by atoms with Gasteiger partial charge in [-0.05, 0) is 158 Å². The standard InChI is InChI=1S/C32H34N4O2.C27H26ClN5O3S.C27H26FN5O3S.CH4/c1-6-30(38)29-19-26(14-9-22(29)3)34-32-33-20-23(4)31(35-32)36(5)27-15-12-25(13-16-27)18-28(37)17-24-10-7-21(2)8-11-24;2*1-18-6-8-19(9-7-18)14-24(34)15-20-10-12-23(13-11-20)33(2)26-25(28)17-29-27(31-26)30-21-4-3-5-22(16-21)32-37(35)36;/h7-16,19-20H,6,17-18H2,1-5H3,(H,33,34,35);2*3-13,16-17,32H,14-15H2,1-2H3,(H,35,36)(H,29,30,31);1H4/p-2. The molecule has 582 valence electrons. The van der Waals surface area contributed by atoms with E-state index in [1.165, 1.54) is 17.3 Å².